The molecule has 1 aromatic heterocycles. The first-order chi connectivity index (χ1) is 7.38. The third-order valence-corrected chi connectivity index (χ3v) is 2.13. The summed E-state index contributed by atoms with van der Waals surface area (Å²) in [5.41, 5.74) is 3.76. The van der Waals surface area contributed by atoms with Crippen molar-refractivity contribution in [3.8, 4) is 0 Å². The van der Waals surface area contributed by atoms with Gasteiger partial charge in [-0.05, 0) is 12.5 Å². The highest BCUT2D eigenvalue weighted by Crippen LogP contribution is 2.15. The minimum absolute atomic E-state index is 0.0753. The van der Waals surface area contributed by atoms with Gasteiger partial charge in [0.2, 0.25) is 0 Å². The van der Waals surface area contributed by atoms with Gasteiger partial charge < -0.3 is 13.9 Å². The number of methoxy groups -OCH3 is 1. The molecule has 86 valence electrons. The molecule has 1 unspecified atom stereocenters. The third-order valence-electron chi connectivity index (χ3n) is 2.13. The van der Waals surface area contributed by atoms with E-state index >= 15 is 0 Å². The van der Waals surface area contributed by atoms with Crippen LogP contribution in [0.4, 0.5) is 0 Å². The summed E-state index contributed by atoms with van der Waals surface area (Å²) >= 11 is 0. The molecule has 1 heterocycles. The zero-order chi connectivity index (χ0) is 10.9. The summed E-state index contributed by atoms with van der Waals surface area (Å²) in [5, 5.41) is 0. The molecule has 0 saturated heterocycles. The minimum Gasteiger partial charge on any atom is -0.472 e. The molecule has 0 aliphatic heterocycles. The molecule has 0 aromatic carbocycles. The average molecular weight is 214 g/mol. The first-order valence-electron chi connectivity index (χ1n) is 4.93. The topological polar surface area (TPSA) is 69.7 Å². The molecule has 1 aromatic rings. The van der Waals surface area contributed by atoms with Crippen molar-refractivity contribution in [1.29, 1.82) is 0 Å². The Balaban J connectivity index is 2.18. The van der Waals surface area contributed by atoms with E-state index in [9.17, 15) is 0 Å². The zero-order valence-electron chi connectivity index (χ0n) is 8.94. The molecule has 0 amide bonds. The molecule has 15 heavy (non-hydrogen) atoms. The second-order valence-electron chi connectivity index (χ2n) is 3.17. The number of ether oxygens (including phenoxy) is 2. The highest BCUT2D eigenvalue weighted by atomic mass is 16.5. The van der Waals surface area contributed by atoms with Crippen LogP contribution in [-0.4, -0.2) is 26.9 Å². The molecule has 5 heteroatoms. The van der Waals surface area contributed by atoms with E-state index in [0.29, 0.717) is 19.8 Å². The van der Waals surface area contributed by atoms with Gasteiger partial charge in [0, 0.05) is 19.3 Å². The lowest BCUT2D eigenvalue weighted by molar-refractivity contribution is 0.0657. The summed E-state index contributed by atoms with van der Waals surface area (Å²) in [7, 11) is 1.65. The second kappa shape index (κ2) is 7.42. The van der Waals surface area contributed by atoms with Gasteiger partial charge in [-0.1, -0.05) is 0 Å². The lowest BCUT2D eigenvalue weighted by Gasteiger charge is -2.13. The van der Waals surface area contributed by atoms with Crippen molar-refractivity contribution in [3.63, 3.8) is 0 Å². The van der Waals surface area contributed by atoms with Crippen LogP contribution in [-0.2, 0) is 9.47 Å². The standard InChI is InChI=1S/C10H18N2O3/c1-13-6-7-14-5-3-10(12-11)9-2-4-15-8-9/h2,4,8,10,12H,3,5-7,11H2,1H3. The molecule has 0 radical (unpaired) electrons. The van der Waals surface area contributed by atoms with Crippen molar-refractivity contribution in [2.75, 3.05) is 26.9 Å². The van der Waals surface area contributed by atoms with Crippen LogP contribution in [0.5, 0.6) is 0 Å². The van der Waals surface area contributed by atoms with Crippen molar-refractivity contribution in [3.05, 3.63) is 24.2 Å². The predicted molar refractivity (Wildman–Crippen MR) is 56.1 cm³/mol. The van der Waals surface area contributed by atoms with Crippen molar-refractivity contribution in [1.82, 2.24) is 5.43 Å². The van der Waals surface area contributed by atoms with Crippen molar-refractivity contribution in [2.45, 2.75) is 12.5 Å². The number of nitrogens with one attached hydrogen (secondary N) is 1. The molecule has 0 aliphatic rings. The third kappa shape index (κ3) is 4.44. The summed E-state index contributed by atoms with van der Waals surface area (Å²) < 4.78 is 15.2. The number of hydrogen-bond acceptors (Lipinski definition) is 5. The van der Waals surface area contributed by atoms with Gasteiger partial charge in [-0.15, -0.1) is 0 Å². The normalized spacial score (nSPS) is 12.9. The van der Waals surface area contributed by atoms with E-state index in [2.05, 4.69) is 5.43 Å². The Morgan fingerprint density at radius 3 is 2.93 bits per heavy atom. The lowest BCUT2D eigenvalue weighted by atomic mass is 10.1. The first-order valence-corrected chi connectivity index (χ1v) is 4.93. The van der Waals surface area contributed by atoms with E-state index in [1.54, 1.807) is 19.6 Å². The van der Waals surface area contributed by atoms with Crippen LogP contribution >= 0.6 is 0 Å². The quantitative estimate of drug-likeness (QED) is 0.381. The monoisotopic (exact) mass is 214 g/mol. The van der Waals surface area contributed by atoms with Crippen molar-refractivity contribution in [2.24, 2.45) is 5.84 Å². The van der Waals surface area contributed by atoms with Gasteiger partial charge >= 0.3 is 0 Å². The van der Waals surface area contributed by atoms with Crippen LogP contribution < -0.4 is 11.3 Å². The number of rotatable bonds is 8. The maximum atomic E-state index is 5.43. The second-order valence-corrected chi connectivity index (χ2v) is 3.17. The summed E-state index contributed by atoms with van der Waals surface area (Å²) in [5.74, 6) is 5.43. The molecule has 0 fully saturated rings. The van der Waals surface area contributed by atoms with E-state index in [0.717, 1.165) is 12.0 Å². The fourth-order valence-corrected chi connectivity index (χ4v) is 1.27. The minimum atomic E-state index is 0.0753. The Hall–Kier alpha value is -0.880. The van der Waals surface area contributed by atoms with E-state index in [-0.39, 0.29) is 6.04 Å². The summed E-state index contributed by atoms with van der Waals surface area (Å²) in [6.45, 7) is 1.87. The van der Waals surface area contributed by atoms with E-state index < -0.39 is 0 Å². The smallest absolute Gasteiger partial charge is 0.0950 e. The predicted octanol–water partition coefficient (Wildman–Crippen LogP) is 0.837. The molecular formula is C10H18N2O3. The molecule has 0 spiro atoms. The number of hydrogen-bond donors (Lipinski definition) is 2. The van der Waals surface area contributed by atoms with Gasteiger partial charge in [-0.2, -0.15) is 0 Å². The summed E-state index contributed by atoms with van der Waals surface area (Å²) in [6.07, 6.45) is 4.12. The van der Waals surface area contributed by atoms with Gasteiger partial charge in [0.15, 0.2) is 0 Å². The van der Waals surface area contributed by atoms with Gasteiger partial charge in [0.1, 0.15) is 0 Å². The molecule has 5 nitrogen and oxygen atoms in total. The Labute approximate surface area is 89.5 Å². The van der Waals surface area contributed by atoms with E-state index in [4.69, 9.17) is 19.7 Å². The fraction of sp³-hybridized carbons (Fsp3) is 0.600. The van der Waals surface area contributed by atoms with Gasteiger partial charge in [-0.3, -0.25) is 11.3 Å². The highest BCUT2D eigenvalue weighted by Gasteiger charge is 2.10. The first kappa shape index (κ1) is 12.2. The lowest BCUT2D eigenvalue weighted by Crippen LogP contribution is -2.28. The van der Waals surface area contributed by atoms with Gasteiger partial charge in [0.25, 0.3) is 0 Å². The van der Waals surface area contributed by atoms with Crippen LogP contribution in [0, 0.1) is 0 Å². The summed E-state index contributed by atoms with van der Waals surface area (Å²) in [6, 6.07) is 1.96. The Morgan fingerprint density at radius 1 is 1.47 bits per heavy atom. The highest BCUT2D eigenvalue weighted by molar-refractivity contribution is 5.10. The van der Waals surface area contributed by atoms with Crippen molar-refractivity contribution >= 4 is 0 Å². The van der Waals surface area contributed by atoms with E-state index in [1.165, 1.54) is 0 Å². The Kier molecular flexibility index (Phi) is 6.03. The van der Waals surface area contributed by atoms with E-state index in [1.807, 2.05) is 6.07 Å². The molecule has 0 aliphatic carbocycles. The van der Waals surface area contributed by atoms with Gasteiger partial charge in [0.05, 0.1) is 31.8 Å². The van der Waals surface area contributed by atoms with Crippen LogP contribution in [0.15, 0.2) is 23.0 Å². The Bertz CT molecular complexity index is 239. The summed E-state index contributed by atoms with van der Waals surface area (Å²) in [4.78, 5) is 0. The molecular weight excluding hydrogens is 196 g/mol. The van der Waals surface area contributed by atoms with Crippen LogP contribution in [0.3, 0.4) is 0 Å². The SMILES string of the molecule is COCCOCCC(NN)c1ccoc1. The Morgan fingerprint density at radius 2 is 2.33 bits per heavy atom. The maximum Gasteiger partial charge on any atom is 0.0950 e. The largest absolute Gasteiger partial charge is 0.472 e. The molecule has 0 saturated carbocycles. The molecule has 1 rings (SSSR count). The van der Waals surface area contributed by atoms with Crippen LogP contribution in [0.2, 0.25) is 0 Å². The fourth-order valence-electron chi connectivity index (χ4n) is 1.27. The maximum absolute atomic E-state index is 5.43. The van der Waals surface area contributed by atoms with Crippen molar-refractivity contribution < 1.29 is 13.9 Å². The van der Waals surface area contributed by atoms with Crippen LogP contribution in [0.1, 0.15) is 18.0 Å². The zero-order valence-corrected chi connectivity index (χ0v) is 8.94. The number of nitrogens with two attached hydrogens (primary N) is 1. The number of hydrazine groups is 1. The molecule has 3 N–H and O–H groups in total. The molecule has 1 atom stereocenters. The number of furan rings is 1. The van der Waals surface area contributed by atoms with Crippen LogP contribution in [0.25, 0.3) is 0 Å². The van der Waals surface area contributed by atoms with Gasteiger partial charge in [-0.25, -0.2) is 0 Å². The average Bonchev–Trinajstić information content (AvgIpc) is 2.77. The molecule has 0 bridgehead atoms.